The lowest BCUT2D eigenvalue weighted by Gasteiger charge is -2.17. The molecule has 0 spiro atoms. The van der Waals surface area contributed by atoms with Gasteiger partial charge in [-0.15, -0.1) is 0 Å². The lowest BCUT2D eigenvalue weighted by molar-refractivity contribution is 0.301. The van der Waals surface area contributed by atoms with E-state index in [2.05, 4.69) is 24.0 Å². The molecule has 0 saturated carbocycles. The second-order valence-corrected chi connectivity index (χ2v) is 3.95. The molecule has 0 amide bonds. The largest absolute Gasteiger partial charge is 0.463 e. The van der Waals surface area contributed by atoms with Crippen LogP contribution in [0.4, 0.5) is 0 Å². The first-order valence-electron chi connectivity index (χ1n) is 6.60. The molecule has 0 aliphatic carbocycles. The first-order valence-corrected chi connectivity index (χ1v) is 5.60. The number of hydrogen-bond acceptors (Lipinski definition) is 3. The molecule has 0 saturated heterocycles. The predicted octanol–water partition coefficient (Wildman–Crippen LogP) is 2.28. The second kappa shape index (κ2) is 5.01. The van der Waals surface area contributed by atoms with Crippen LogP contribution in [0.2, 0.25) is 0 Å². The zero-order valence-corrected chi connectivity index (χ0v) is 9.39. The Hall–Kier alpha value is -1.51. The molecular weight excluding hydrogens is 201 g/mol. The van der Waals surface area contributed by atoms with E-state index in [0.29, 0.717) is 6.42 Å². The number of amidine groups is 1. The molecule has 1 aliphatic rings. The molecule has 2 rings (SSSR count). The monoisotopic (exact) mass is 221 g/mol. The fourth-order valence-electron chi connectivity index (χ4n) is 1.97. The van der Waals surface area contributed by atoms with E-state index in [1.807, 2.05) is 18.2 Å². The molecule has 16 heavy (non-hydrogen) atoms. The Morgan fingerprint density at radius 1 is 1.56 bits per heavy atom. The van der Waals surface area contributed by atoms with Crippen LogP contribution in [0.5, 0.6) is 0 Å². The molecule has 0 unspecified atom stereocenters. The third-order valence-electron chi connectivity index (χ3n) is 2.85. The summed E-state index contributed by atoms with van der Waals surface area (Å²) in [5.74, 6) is 0.268. The van der Waals surface area contributed by atoms with Gasteiger partial charge in [0.05, 0.1) is 8.78 Å². The van der Waals surface area contributed by atoms with Gasteiger partial charge in [0.1, 0.15) is 6.56 Å². The number of ether oxygens (including phenoxy) is 1. The molecule has 0 fully saturated rings. The molecule has 1 heterocycles. The molecule has 86 valence electrons. The normalized spacial score (nSPS) is 26.3. The highest BCUT2D eigenvalue weighted by Crippen LogP contribution is 2.26. The summed E-state index contributed by atoms with van der Waals surface area (Å²) in [4.78, 5) is 4.05. The van der Waals surface area contributed by atoms with Crippen molar-refractivity contribution >= 4 is 6.02 Å². The smallest absolute Gasteiger partial charge is 0.282 e. The van der Waals surface area contributed by atoms with Crippen LogP contribution in [-0.4, -0.2) is 18.6 Å². The van der Waals surface area contributed by atoms with Crippen LogP contribution in [0, 0.1) is 0 Å². The number of benzene rings is 1. The van der Waals surface area contributed by atoms with Crippen molar-refractivity contribution in [1.29, 1.82) is 0 Å². The predicted molar refractivity (Wildman–Crippen MR) is 65.5 cm³/mol. The van der Waals surface area contributed by atoms with E-state index in [-0.39, 0.29) is 11.9 Å². The zero-order chi connectivity index (χ0) is 13.2. The summed E-state index contributed by atoms with van der Waals surface area (Å²) in [7, 11) is 0. The van der Waals surface area contributed by atoms with Crippen molar-refractivity contribution in [3.05, 3.63) is 35.9 Å². The lowest BCUT2D eigenvalue weighted by Crippen LogP contribution is -2.12. The fraction of sp³-hybridized carbons (Fsp3) is 0.462. The van der Waals surface area contributed by atoms with Gasteiger partial charge >= 0.3 is 0 Å². The molecule has 2 atom stereocenters. The Balaban J connectivity index is 2.12. The average Bonchev–Trinajstić information content (AvgIpc) is 2.60. The van der Waals surface area contributed by atoms with Crippen molar-refractivity contribution in [2.75, 3.05) is 6.56 Å². The zero-order valence-electron chi connectivity index (χ0n) is 11.4. The maximum absolute atomic E-state index is 7.75. The standard InChI is InChI=1S/C13H18N2O/c1-2-10(11-6-4-3-5-7-11)8-12-9-16-13(14)15-12/h3-7,10,12H,2,8-9H2,1H3,(H2,14,15)/t10-,12-/m0/s1/i9D2,13+1. The fourth-order valence-corrected chi connectivity index (χ4v) is 1.97. The number of hydrogen-bond donors (Lipinski definition) is 1. The van der Waals surface area contributed by atoms with Gasteiger partial charge in [-0.3, -0.25) is 0 Å². The molecule has 0 aromatic heterocycles. The molecule has 3 heteroatoms. The molecule has 0 radical (unpaired) electrons. The van der Waals surface area contributed by atoms with Crippen LogP contribution in [0.1, 0.15) is 34.0 Å². The average molecular weight is 221 g/mol. The van der Waals surface area contributed by atoms with Crippen LogP contribution < -0.4 is 5.73 Å². The van der Waals surface area contributed by atoms with Crippen molar-refractivity contribution in [3.8, 4) is 0 Å². The van der Waals surface area contributed by atoms with Crippen LogP contribution in [-0.2, 0) is 4.74 Å². The highest BCUT2D eigenvalue weighted by molar-refractivity contribution is 5.73. The van der Waals surface area contributed by atoms with E-state index in [0.717, 1.165) is 6.42 Å². The molecule has 3 nitrogen and oxygen atoms in total. The van der Waals surface area contributed by atoms with Gasteiger partial charge in [-0.05, 0) is 24.3 Å². The highest BCUT2D eigenvalue weighted by Gasteiger charge is 2.21. The minimum atomic E-state index is -1.79. The summed E-state index contributed by atoms with van der Waals surface area (Å²) in [5.41, 5.74) is 6.65. The van der Waals surface area contributed by atoms with Crippen molar-refractivity contribution in [1.82, 2.24) is 0 Å². The second-order valence-electron chi connectivity index (χ2n) is 3.95. The van der Waals surface area contributed by atoms with Gasteiger partial charge < -0.3 is 10.5 Å². The van der Waals surface area contributed by atoms with Crippen molar-refractivity contribution < 1.29 is 7.48 Å². The van der Waals surface area contributed by atoms with Gasteiger partial charge in [-0.2, -0.15) is 0 Å². The first-order chi connectivity index (χ1) is 8.53. The Labute approximate surface area is 99.1 Å². The first kappa shape index (κ1) is 8.62. The van der Waals surface area contributed by atoms with Gasteiger partial charge in [0.15, 0.2) is 0 Å². The number of nitrogens with two attached hydrogens (primary N) is 1. The topological polar surface area (TPSA) is 47.6 Å². The highest BCUT2D eigenvalue weighted by atomic mass is 16.6. The van der Waals surface area contributed by atoms with Gasteiger partial charge in [0.2, 0.25) is 0 Å². The number of aliphatic imine (C=N–C) groups is 1. The van der Waals surface area contributed by atoms with E-state index in [1.165, 1.54) is 5.56 Å². The van der Waals surface area contributed by atoms with Gasteiger partial charge in [0, 0.05) is 0 Å². The molecule has 0 bridgehead atoms. The lowest BCUT2D eigenvalue weighted by atomic mass is 9.90. The maximum atomic E-state index is 7.75. The minimum absolute atomic E-state index is 0.0482. The Bertz CT molecular complexity index is 434. The van der Waals surface area contributed by atoms with E-state index in [1.54, 1.807) is 0 Å². The molecule has 2 N–H and O–H groups in total. The van der Waals surface area contributed by atoms with Crippen LogP contribution >= 0.6 is 0 Å². The van der Waals surface area contributed by atoms with Crippen molar-refractivity contribution in [3.63, 3.8) is 0 Å². The van der Waals surface area contributed by atoms with Crippen LogP contribution in [0.15, 0.2) is 35.3 Å². The molecule has 1 aromatic carbocycles. The van der Waals surface area contributed by atoms with Gasteiger partial charge in [-0.1, -0.05) is 37.3 Å². The Morgan fingerprint density at radius 3 is 2.88 bits per heavy atom. The Kier molecular flexibility index (Phi) is 2.70. The van der Waals surface area contributed by atoms with Gasteiger partial charge in [0.25, 0.3) is 6.02 Å². The van der Waals surface area contributed by atoms with Crippen molar-refractivity contribution in [2.24, 2.45) is 10.7 Å². The number of rotatable bonds is 4. The maximum Gasteiger partial charge on any atom is 0.282 e. The van der Waals surface area contributed by atoms with E-state index < -0.39 is 12.6 Å². The molecule has 1 aromatic rings. The van der Waals surface area contributed by atoms with Crippen molar-refractivity contribution in [2.45, 2.75) is 31.7 Å². The minimum Gasteiger partial charge on any atom is -0.463 e. The van der Waals surface area contributed by atoms with Crippen LogP contribution in [0.3, 0.4) is 0 Å². The third-order valence-corrected chi connectivity index (χ3v) is 2.85. The summed E-state index contributed by atoms with van der Waals surface area (Å²) in [6.45, 7) is 0.308. The summed E-state index contributed by atoms with van der Waals surface area (Å²) >= 11 is 0. The summed E-state index contributed by atoms with van der Waals surface area (Å²) in [6, 6.07) is 9.52. The molecular formula is C13H18N2O. The van der Waals surface area contributed by atoms with Crippen LogP contribution in [0.25, 0.3) is 0 Å². The van der Waals surface area contributed by atoms with E-state index in [9.17, 15) is 0 Å². The SMILES string of the molecule is [2H]C1([2H])O[13C](N)=N[C@H]1C[C@H](CC)c1ccccc1. The van der Waals surface area contributed by atoms with Gasteiger partial charge in [-0.25, -0.2) is 4.99 Å². The van der Waals surface area contributed by atoms with E-state index >= 15 is 0 Å². The summed E-state index contributed by atoms with van der Waals surface area (Å²) < 4.78 is 20.4. The van der Waals surface area contributed by atoms with E-state index in [4.69, 9.17) is 13.2 Å². The summed E-state index contributed by atoms with van der Waals surface area (Å²) in [6.07, 6.45) is 1.54. The third kappa shape index (κ3) is 2.54. The Morgan fingerprint density at radius 2 is 2.31 bits per heavy atom. The quantitative estimate of drug-likeness (QED) is 0.793. The summed E-state index contributed by atoms with van der Waals surface area (Å²) in [5, 5.41) is 0. The number of nitrogens with zero attached hydrogens (tertiary/aromatic N) is 1. The molecule has 1 aliphatic heterocycles.